The Hall–Kier alpha value is -1.57. The van der Waals surface area contributed by atoms with Crippen molar-refractivity contribution in [2.24, 2.45) is 5.41 Å². The fraction of sp³-hybridized carbons (Fsp3) is 0.429. The maximum absolute atomic E-state index is 11.8. The highest BCUT2D eigenvalue weighted by Crippen LogP contribution is 2.20. The lowest BCUT2D eigenvalue weighted by Crippen LogP contribution is -2.38. The number of carbonyl (C=O) groups is 1. The van der Waals surface area contributed by atoms with Crippen LogP contribution in [0.25, 0.3) is 0 Å². The molecule has 1 aromatic rings. The first-order valence-electron chi connectivity index (χ1n) is 5.88. The van der Waals surface area contributed by atoms with E-state index in [1.54, 1.807) is 33.1 Å². The summed E-state index contributed by atoms with van der Waals surface area (Å²) in [6.07, 6.45) is -0.294. The van der Waals surface area contributed by atoms with Gasteiger partial charge in [0, 0.05) is 18.7 Å². The number of halogens is 1. The molecule has 0 saturated carbocycles. The predicted octanol–water partition coefficient (Wildman–Crippen LogP) is 2.69. The van der Waals surface area contributed by atoms with Crippen molar-refractivity contribution in [3.63, 3.8) is 0 Å². The topological polar surface area (TPSA) is 62.1 Å². The quantitative estimate of drug-likeness (QED) is 0.902. The molecule has 1 atom stereocenters. The fourth-order valence-electron chi connectivity index (χ4n) is 1.50. The van der Waals surface area contributed by atoms with Gasteiger partial charge in [0.25, 0.3) is 0 Å². The summed E-state index contributed by atoms with van der Waals surface area (Å²) >= 11 is 5.92. The van der Waals surface area contributed by atoms with E-state index in [0.717, 1.165) is 5.56 Å². The van der Waals surface area contributed by atoms with Gasteiger partial charge in [-0.15, -0.1) is 0 Å². The average Bonchev–Trinajstić information content (AvgIpc) is 2.39. The summed E-state index contributed by atoms with van der Waals surface area (Å²) in [6, 6.07) is 9.22. The molecule has 1 aromatic carbocycles. The SMILES string of the molecule is CO[C@H](CNC(=O)C(C)(C)C#N)c1cccc(Cl)c1. The van der Waals surface area contributed by atoms with Crippen molar-refractivity contribution >= 4 is 17.5 Å². The van der Waals surface area contributed by atoms with Crippen LogP contribution < -0.4 is 5.32 Å². The molecule has 0 saturated heterocycles. The third-order valence-electron chi connectivity index (χ3n) is 2.80. The molecule has 0 fully saturated rings. The van der Waals surface area contributed by atoms with Gasteiger partial charge in [-0.3, -0.25) is 4.79 Å². The second-order valence-electron chi connectivity index (χ2n) is 4.73. The van der Waals surface area contributed by atoms with Crippen LogP contribution in [0.4, 0.5) is 0 Å². The molecular formula is C14H17ClN2O2. The summed E-state index contributed by atoms with van der Waals surface area (Å²) in [6.45, 7) is 3.44. The van der Waals surface area contributed by atoms with Gasteiger partial charge in [0.2, 0.25) is 5.91 Å². The maximum Gasteiger partial charge on any atom is 0.240 e. The molecule has 0 aliphatic rings. The Morgan fingerprint density at radius 1 is 1.58 bits per heavy atom. The Labute approximate surface area is 118 Å². The fourth-order valence-corrected chi connectivity index (χ4v) is 1.70. The second kappa shape index (κ2) is 6.55. The molecule has 0 aliphatic carbocycles. The van der Waals surface area contributed by atoms with E-state index in [1.165, 1.54) is 0 Å². The number of rotatable bonds is 5. The Kier molecular flexibility index (Phi) is 5.34. The number of methoxy groups -OCH3 is 1. The number of carbonyl (C=O) groups excluding carboxylic acids is 1. The summed E-state index contributed by atoms with van der Waals surface area (Å²) in [5, 5.41) is 12.2. The molecule has 1 amide bonds. The first-order valence-corrected chi connectivity index (χ1v) is 6.26. The van der Waals surface area contributed by atoms with Gasteiger partial charge in [0.15, 0.2) is 0 Å². The zero-order valence-electron chi connectivity index (χ0n) is 11.2. The maximum atomic E-state index is 11.8. The van der Waals surface area contributed by atoms with Gasteiger partial charge in [0.05, 0.1) is 12.2 Å². The Balaban J connectivity index is 2.70. The third-order valence-corrected chi connectivity index (χ3v) is 3.04. The lowest BCUT2D eigenvalue weighted by Gasteiger charge is -2.20. The van der Waals surface area contributed by atoms with E-state index in [9.17, 15) is 4.79 Å². The van der Waals surface area contributed by atoms with Crippen LogP contribution in [0.5, 0.6) is 0 Å². The van der Waals surface area contributed by atoms with Crippen LogP contribution in [0.2, 0.25) is 5.02 Å². The van der Waals surface area contributed by atoms with Crippen LogP contribution in [0, 0.1) is 16.7 Å². The molecule has 0 spiro atoms. The molecule has 0 aliphatic heterocycles. The highest BCUT2D eigenvalue weighted by Gasteiger charge is 2.27. The van der Waals surface area contributed by atoms with Gasteiger partial charge in [0.1, 0.15) is 5.41 Å². The lowest BCUT2D eigenvalue weighted by molar-refractivity contribution is -0.127. The van der Waals surface area contributed by atoms with Crippen LogP contribution in [0.1, 0.15) is 25.5 Å². The molecular weight excluding hydrogens is 264 g/mol. The summed E-state index contributed by atoms with van der Waals surface area (Å²) in [4.78, 5) is 11.8. The zero-order chi connectivity index (χ0) is 14.5. The minimum atomic E-state index is -1.05. The first kappa shape index (κ1) is 15.5. The van der Waals surface area contributed by atoms with E-state index in [-0.39, 0.29) is 12.0 Å². The molecule has 0 unspecified atom stereocenters. The van der Waals surface area contributed by atoms with Crippen LogP contribution in [0.3, 0.4) is 0 Å². The minimum Gasteiger partial charge on any atom is -0.375 e. The van der Waals surface area contributed by atoms with Crippen molar-refractivity contribution in [3.05, 3.63) is 34.9 Å². The molecule has 1 N–H and O–H groups in total. The van der Waals surface area contributed by atoms with E-state index in [1.807, 2.05) is 18.2 Å². The molecule has 0 bridgehead atoms. The van der Waals surface area contributed by atoms with Crippen LogP contribution in [-0.2, 0) is 9.53 Å². The number of hydrogen-bond acceptors (Lipinski definition) is 3. The highest BCUT2D eigenvalue weighted by molar-refractivity contribution is 6.30. The second-order valence-corrected chi connectivity index (χ2v) is 5.16. The van der Waals surface area contributed by atoms with Gasteiger partial charge in [-0.05, 0) is 31.5 Å². The van der Waals surface area contributed by atoms with E-state index in [0.29, 0.717) is 11.6 Å². The average molecular weight is 281 g/mol. The van der Waals surface area contributed by atoms with Crippen molar-refractivity contribution in [1.82, 2.24) is 5.32 Å². The van der Waals surface area contributed by atoms with Crippen molar-refractivity contribution in [3.8, 4) is 6.07 Å². The smallest absolute Gasteiger partial charge is 0.240 e. The van der Waals surface area contributed by atoms with Crippen molar-refractivity contribution in [1.29, 1.82) is 5.26 Å². The third kappa shape index (κ3) is 4.23. The van der Waals surface area contributed by atoms with Gasteiger partial charge < -0.3 is 10.1 Å². The number of ether oxygens (including phenoxy) is 1. The largest absolute Gasteiger partial charge is 0.375 e. The van der Waals surface area contributed by atoms with Crippen molar-refractivity contribution in [2.75, 3.05) is 13.7 Å². The number of amides is 1. The van der Waals surface area contributed by atoms with Crippen LogP contribution in [0.15, 0.2) is 24.3 Å². The molecule has 0 radical (unpaired) electrons. The van der Waals surface area contributed by atoms with Crippen LogP contribution >= 0.6 is 11.6 Å². The van der Waals surface area contributed by atoms with Gasteiger partial charge in [-0.25, -0.2) is 0 Å². The summed E-state index contributed by atoms with van der Waals surface area (Å²) in [5.74, 6) is -0.320. The monoisotopic (exact) mass is 280 g/mol. The molecule has 0 heterocycles. The number of nitriles is 1. The number of nitrogens with zero attached hydrogens (tertiary/aromatic N) is 1. The van der Waals surface area contributed by atoms with Gasteiger partial charge in [-0.1, -0.05) is 23.7 Å². The standard InChI is InChI=1S/C14H17ClN2O2/c1-14(2,9-16)13(18)17-8-12(19-3)10-5-4-6-11(15)7-10/h4-7,12H,8H2,1-3H3,(H,17,18)/t12-/m1/s1. The number of hydrogen-bond donors (Lipinski definition) is 1. The van der Waals surface area contributed by atoms with E-state index in [2.05, 4.69) is 5.32 Å². The zero-order valence-corrected chi connectivity index (χ0v) is 12.0. The van der Waals surface area contributed by atoms with Crippen molar-refractivity contribution in [2.45, 2.75) is 20.0 Å². The predicted molar refractivity (Wildman–Crippen MR) is 73.6 cm³/mol. The molecule has 19 heavy (non-hydrogen) atoms. The summed E-state index contributed by atoms with van der Waals surface area (Å²) in [7, 11) is 1.56. The minimum absolute atomic E-state index is 0.292. The molecule has 102 valence electrons. The summed E-state index contributed by atoms with van der Waals surface area (Å²) < 4.78 is 5.33. The molecule has 4 nitrogen and oxygen atoms in total. The molecule has 5 heteroatoms. The molecule has 1 rings (SSSR count). The van der Waals surface area contributed by atoms with E-state index >= 15 is 0 Å². The van der Waals surface area contributed by atoms with Crippen LogP contribution in [-0.4, -0.2) is 19.6 Å². The van der Waals surface area contributed by atoms with E-state index in [4.69, 9.17) is 21.6 Å². The Morgan fingerprint density at radius 2 is 2.26 bits per heavy atom. The number of nitrogens with one attached hydrogen (secondary N) is 1. The number of benzene rings is 1. The Bertz CT molecular complexity index is 494. The van der Waals surface area contributed by atoms with Gasteiger partial charge in [-0.2, -0.15) is 5.26 Å². The highest BCUT2D eigenvalue weighted by atomic mass is 35.5. The molecule has 0 aromatic heterocycles. The van der Waals surface area contributed by atoms with Crippen molar-refractivity contribution < 1.29 is 9.53 Å². The van der Waals surface area contributed by atoms with E-state index < -0.39 is 5.41 Å². The van der Waals surface area contributed by atoms with Gasteiger partial charge >= 0.3 is 0 Å². The normalized spacial score (nSPS) is 12.6. The lowest BCUT2D eigenvalue weighted by atomic mass is 9.94. The summed E-state index contributed by atoms with van der Waals surface area (Å²) in [5.41, 5.74) is -0.169. The Morgan fingerprint density at radius 3 is 2.79 bits per heavy atom. The first-order chi connectivity index (χ1) is 8.90.